The normalized spacial score (nSPS) is 16.3. The number of alkyl halides is 3. The van der Waals surface area contributed by atoms with Crippen LogP contribution >= 0.6 is 15.9 Å². The van der Waals surface area contributed by atoms with Crippen molar-refractivity contribution < 1.29 is 36.7 Å². The Balaban J connectivity index is 1.63. The number of aliphatic hydroxyl groups is 1. The van der Waals surface area contributed by atoms with Crippen LogP contribution in [0.1, 0.15) is 27.7 Å². The molecule has 0 aliphatic carbocycles. The third-order valence-corrected chi connectivity index (χ3v) is 6.31. The zero-order valence-corrected chi connectivity index (χ0v) is 19.6. The minimum atomic E-state index is -4.60. The van der Waals surface area contributed by atoms with E-state index in [9.17, 15) is 32.3 Å². The molecule has 0 radical (unpaired) electrons. The molecule has 182 valence electrons. The van der Waals surface area contributed by atoms with Gasteiger partial charge in [0.05, 0.1) is 17.2 Å². The highest BCUT2D eigenvalue weighted by Crippen LogP contribution is 2.43. The van der Waals surface area contributed by atoms with E-state index in [1.165, 1.54) is 18.2 Å². The Morgan fingerprint density at radius 3 is 2.28 bits per heavy atom. The monoisotopic (exact) mass is 559 g/mol. The summed E-state index contributed by atoms with van der Waals surface area (Å²) in [4.78, 5) is 27.7. The molecular weight excluding hydrogens is 546 g/mol. The van der Waals surface area contributed by atoms with E-state index in [1.807, 2.05) is 0 Å². The first-order chi connectivity index (χ1) is 17.0. The summed E-state index contributed by atoms with van der Waals surface area (Å²) < 4.78 is 59.2. The Morgan fingerprint density at radius 1 is 0.972 bits per heavy atom. The molecule has 3 aromatic carbocycles. The predicted octanol–water partition coefficient (Wildman–Crippen LogP) is 7.14. The average molecular weight is 560 g/mol. The molecule has 1 atom stereocenters. The first kappa shape index (κ1) is 23.8. The first-order valence-corrected chi connectivity index (χ1v) is 11.3. The van der Waals surface area contributed by atoms with Gasteiger partial charge in [0.15, 0.2) is 11.5 Å². The molecule has 1 aliphatic heterocycles. The zero-order valence-electron chi connectivity index (χ0n) is 18.0. The number of aliphatic hydroxyl groups excluding tert-OH is 1. The van der Waals surface area contributed by atoms with Crippen LogP contribution in [0.4, 0.5) is 23.2 Å². The molecule has 0 saturated carbocycles. The first-order valence-electron chi connectivity index (χ1n) is 10.5. The number of Topliss-reactive ketones (excluding diaryl/α,β-unsaturated/α-hetero) is 1. The van der Waals surface area contributed by atoms with Crippen LogP contribution < -0.4 is 4.90 Å². The Hall–Kier alpha value is -3.92. The maximum absolute atomic E-state index is 13.6. The van der Waals surface area contributed by atoms with Crippen molar-refractivity contribution in [2.24, 2.45) is 0 Å². The summed E-state index contributed by atoms with van der Waals surface area (Å²) in [6.45, 7) is 0. The number of nitrogens with zero attached hydrogens (tertiary/aromatic N) is 1. The molecule has 1 N–H and O–H groups in total. The Labute approximate surface area is 209 Å². The standard InChI is InChI=1S/C26H14BrF4NO4/c27-16-5-10-19-14(11-16)12-20(36-19)23(33)21-22(13-1-6-17(28)7-2-13)32(25(35)24(21)34)18-8-3-15(4-9-18)26(29,30)31/h1-12,22,34H. The number of ketones is 1. The molecule has 36 heavy (non-hydrogen) atoms. The number of furan rings is 1. The lowest BCUT2D eigenvalue weighted by molar-refractivity contribution is -0.137. The lowest BCUT2D eigenvalue weighted by atomic mass is 9.94. The molecule has 1 aromatic heterocycles. The van der Waals surface area contributed by atoms with E-state index in [0.717, 1.165) is 45.8 Å². The average Bonchev–Trinajstić information content (AvgIpc) is 3.37. The van der Waals surface area contributed by atoms with Crippen LogP contribution in [0.5, 0.6) is 0 Å². The van der Waals surface area contributed by atoms with Gasteiger partial charge in [-0.2, -0.15) is 13.2 Å². The van der Waals surface area contributed by atoms with E-state index in [0.29, 0.717) is 11.0 Å². The van der Waals surface area contributed by atoms with Gasteiger partial charge in [-0.05, 0) is 66.2 Å². The van der Waals surface area contributed by atoms with E-state index < -0.39 is 41.0 Å². The number of hydrogen-bond acceptors (Lipinski definition) is 4. The van der Waals surface area contributed by atoms with E-state index in [2.05, 4.69) is 15.9 Å². The Bertz CT molecular complexity index is 1540. The van der Waals surface area contributed by atoms with Gasteiger partial charge in [-0.15, -0.1) is 0 Å². The summed E-state index contributed by atoms with van der Waals surface area (Å²) in [7, 11) is 0. The molecule has 5 rings (SSSR count). The van der Waals surface area contributed by atoms with E-state index in [-0.39, 0.29) is 22.6 Å². The van der Waals surface area contributed by atoms with Crippen LogP contribution in [0.3, 0.4) is 0 Å². The van der Waals surface area contributed by atoms with Crippen LogP contribution in [0.2, 0.25) is 0 Å². The Kier molecular flexibility index (Phi) is 5.71. The topological polar surface area (TPSA) is 70.8 Å². The fourth-order valence-electron chi connectivity index (χ4n) is 4.13. The van der Waals surface area contributed by atoms with Crippen LogP contribution in [-0.2, 0) is 11.0 Å². The van der Waals surface area contributed by atoms with Crippen molar-refractivity contribution in [2.45, 2.75) is 12.2 Å². The second kappa shape index (κ2) is 8.63. The Morgan fingerprint density at radius 2 is 1.64 bits per heavy atom. The van der Waals surface area contributed by atoms with E-state index >= 15 is 0 Å². The SMILES string of the molecule is O=C(C1=C(O)C(=O)N(c2ccc(C(F)(F)F)cc2)C1c1ccc(F)cc1)c1cc2cc(Br)ccc2o1. The van der Waals surface area contributed by atoms with Gasteiger partial charge in [0.25, 0.3) is 5.91 Å². The molecule has 2 heterocycles. The molecule has 0 bridgehead atoms. The van der Waals surface area contributed by atoms with Gasteiger partial charge in [-0.1, -0.05) is 28.1 Å². The number of hydrogen-bond donors (Lipinski definition) is 1. The molecule has 4 aromatic rings. The van der Waals surface area contributed by atoms with Crippen molar-refractivity contribution in [3.63, 3.8) is 0 Å². The molecule has 1 aliphatic rings. The van der Waals surface area contributed by atoms with Crippen molar-refractivity contribution in [2.75, 3.05) is 4.90 Å². The molecule has 0 saturated heterocycles. The molecule has 0 spiro atoms. The number of carbonyl (C=O) groups excluding carboxylic acids is 2. The van der Waals surface area contributed by atoms with Crippen LogP contribution in [-0.4, -0.2) is 16.8 Å². The van der Waals surface area contributed by atoms with Gasteiger partial charge < -0.3 is 9.52 Å². The largest absolute Gasteiger partial charge is 0.503 e. The number of carbonyl (C=O) groups is 2. The minimum Gasteiger partial charge on any atom is -0.503 e. The fourth-order valence-corrected chi connectivity index (χ4v) is 4.51. The molecule has 10 heteroatoms. The number of rotatable bonds is 4. The summed E-state index contributed by atoms with van der Waals surface area (Å²) in [5.41, 5.74) is -0.618. The van der Waals surface area contributed by atoms with Crippen molar-refractivity contribution in [3.8, 4) is 0 Å². The molecule has 0 fully saturated rings. The van der Waals surface area contributed by atoms with Crippen LogP contribution in [0.15, 0.2) is 93.0 Å². The third-order valence-electron chi connectivity index (χ3n) is 5.81. The lowest BCUT2D eigenvalue weighted by Crippen LogP contribution is -2.31. The summed E-state index contributed by atoms with van der Waals surface area (Å²) in [6.07, 6.45) is -4.60. The number of benzene rings is 3. The predicted molar refractivity (Wildman–Crippen MR) is 126 cm³/mol. The quantitative estimate of drug-likeness (QED) is 0.213. The van der Waals surface area contributed by atoms with Crippen molar-refractivity contribution in [1.29, 1.82) is 0 Å². The number of halogens is 5. The van der Waals surface area contributed by atoms with Gasteiger partial charge in [-0.3, -0.25) is 14.5 Å². The van der Waals surface area contributed by atoms with E-state index in [4.69, 9.17) is 4.42 Å². The van der Waals surface area contributed by atoms with Crippen LogP contribution in [0.25, 0.3) is 11.0 Å². The number of fused-ring (bicyclic) bond motifs is 1. The molecule has 1 unspecified atom stereocenters. The second-order valence-corrected chi connectivity index (χ2v) is 8.97. The summed E-state index contributed by atoms with van der Waals surface area (Å²) in [6, 6.07) is 13.9. The van der Waals surface area contributed by atoms with E-state index in [1.54, 1.807) is 18.2 Å². The summed E-state index contributed by atoms with van der Waals surface area (Å²) in [5, 5.41) is 11.4. The zero-order chi connectivity index (χ0) is 25.8. The van der Waals surface area contributed by atoms with Crippen LogP contribution in [0, 0.1) is 5.82 Å². The number of anilines is 1. The maximum atomic E-state index is 13.6. The van der Waals surface area contributed by atoms with Gasteiger partial charge in [0.1, 0.15) is 11.4 Å². The summed E-state index contributed by atoms with van der Waals surface area (Å²) in [5.74, 6) is -3.40. The van der Waals surface area contributed by atoms with Crippen molar-refractivity contribution in [3.05, 3.63) is 111 Å². The smallest absolute Gasteiger partial charge is 0.416 e. The van der Waals surface area contributed by atoms with Gasteiger partial charge in [0.2, 0.25) is 5.78 Å². The van der Waals surface area contributed by atoms with Crippen molar-refractivity contribution in [1.82, 2.24) is 0 Å². The lowest BCUT2D eigenvalue weighted by Gasteiger charge is -2.27. The maximum Gasteiger partial charge on any atom is 0.416 e. The third kappa shape index (κ3) is 4.07. The minimum absolute atomic E-state index is 0.00483. The number of amides is 1. The second-order valence-electron chi connectivity index (χ2n) is 8.06. The molecular formula is C26H14BrF4NO4. The molecule has 5 nitrogen and oxygen atoms in total. The highest BCUT2D eigenvalue weighted by Gasteiger charge is 2.45. The molecule has 1 amide bonds. The van der Waals surface area contributed by atoms with Gasteiger partial charge in [0, 0.05) is 15.5 Å². The highest BCUT2D eigenvalue weighted by molar-refractivity contribution is 9.10. The highest BCUT2D eigenvalue weighted by atomic mass is 79.9. The van der Waals surface area contributed by atoms with Gasteiger partial charge in [-0.25, -0.2) is 4.39 Å². The van der Waals surface area contributed by atoms with Gasteiger partial charge >= 0.3 is 6.18 Å². The fraction of sp³-hybridized carbons (Fsp3) is 0.0769. The summed E-state index contributed by atoms with van der Waals surface area (Å²) >= 11 is 3.33. The van der Waals surface area contributed by atoms with Crippen molar-refractivity contribution >= 4 is 44.3 Å².